The zero-order valence-electron chi connectivity index (χ0n) is 16.7. The summed E-state index contributed by atoms with van der Waals surface area (Å²) in [6, 6.07) is 0. The van der Waals surface area contributed by atoms with Crippen molar-refractivity contribution >= 4 is 5.78 Å². The molecule has 0 aromatic carbocycles. The number of carbonyl (C=O) groups excluding carboxylic acids is 1. The van der Waals surface area contributed by atoms with Crippen molar-refractivity contribution < 1.29 is 23.7 Å². The van der Waals surface area contributed by atoms with E-state index in [-0.39, 0.29) is 18.4 Å². The largest absolute Gasteiger partial charge is 0.469 e. The quantitative estimate of drug-likeness (QED) is 0.471. The number of unbranched alkanes of at least 4 members (excludes halogenated alkanes) is 4. The monoisotopic (exact) mass is 380 g/mol. The van der Waals surface area contributed by atoms with Gasteiger partial charge in [0.15, 0.2) is 18.4 Å². The maximum absolute atomic E-state index is 12.2. The number of allylic oxidation sites excluding steroid dienone is 2. The van der Waals surface area contributed by atoms with Crippen LogP contribution in [-0.4, -0.2) is 38.2 Å². The molecule has 0 spiro atoms. The molecule has 2 heterocycles. The molecule has 0 aromatic rings. The van der Waals surface area contributed by atoms with Gasteiger partial charge in [0, 0.05) is 38.0 Å². The molecule has 154 valence electrons. The van der Waals surface area contributed by atoms with Crippen LogP contribution in [0.2, 0.25) is 0 Å². The second-order valence-corrected chi connectivity index (χ2v) is 7.92. The lowest BCUT2D eigenvalue weighted by atomic mass is 10.0. The summed E-state index contributed by atoms with van der Waals surface area (Å²) in [6.45, 7) is 2.42. The van der Waals surface area contributed by atoms with Crippen LogP contribution in [-0.2, 0) is 23.7 Å². The molecule has 3 rings (SSSR count). The highest BCUT2D eigenvalue weighted by Gasteiger charge is 2.27. The van der Waals surface area contributed by atoms with Crippen molar-refractivity contribution in [1.82, 2.24) is 0 Å². The van der Waals surface area contributed by atoms with Gasteiger partial charge in [-0.3, -0.25) is 4.79 Å². The number of carbonyl (C=O) groups is 1. The van der Waals surface area contributed by atoms with Gasteiger partial charge >= 0.3 is 0 Å². The average Bonchev–Trinajstić information content (AvgIpc) is 3.05. The van der Waals surface area contributed by atoms with Crippen LogP contribution < -0.4 is 0 Å². The van der Waals surface area contributed by atoms with Crippen LogP contribution in [0, 0.1) is 0 Å². The second-order valence-electron chi connectivity index (χ2n) is 7.92. The van der Waals surface area contributed by atoms with Gasteiger partial charge in [0.2, 0.25) is 0 Å². The maximum Gasteiger partial charge on any atom is 0.199 e. The van der Waals surface area contributed by atoms with Crippen molar-refractivity contribution in [3.8, 4) is 0 Å². The number of ether oxygens (including phenoxy) is 4. The fourth-order valence-corrected chi connectivity index (χ4v) is 4.05. The molecule has 3 aliphatic rings. The molecule has 0 bridgehead atoms. The first-order chi connectivity index (χ1) is 13.3. The summed E-state index contributed by atoms with van der Waals surface area (Å²) in [7, 11) is 0. The zero-order valence-corrected chi connectivity index (χ0v) is 16.7. The Bertz CT molecular complexity index is 475. The summed E-state index contributed by atoms with van der Waals surface area (Å²) >= 11 is 0. The van der Waals surface area contributed by atoms with E-state index >= 15 is 0 Å². The molecule has 0 aromatic heterocycles. The first-order valence-electron chi connectivity index (χ1n) is 11.1. The number of hydrogen-bond donors (Lipinski definition) is 0. The van der Waals surface area contributed by atoms with E-state index in [1.54, 1.807) is 0 Å². The third-order valence-corrected chi connectivity index (χ3v) is 5.68. The molecule has 0 amide bonds. The molecule has 0 N–H and O–H groups in total. The normalized spacial score (nSPS) is 26.6. The van der Waals surface area contributed by atoms with Gasteiger partial charge in [-0.2, -0.15) is 0 Å². The van der Waals surface area contributed by atoms with E-state index in [4.69, 9.17) is 18.9 Å². The van der Waals surface area contributed by atoms with Crippen molar-refractivity contribution in [1.29, 1.82) is 0 Å². The summed E-state index contributed by atoms with van der Waals surface area (Å²) in [6.07, 6.45) is 14.4. The maximum atomic E-state index is 12.2. The molecule has 1 aliphatic carbocycles. The van der Waals surface area contributed by atoms with Crippen molar-refractivity contribution in [3.63, 3.8) is 0 Å². The fraction of sp³-hybridized carbons (Fsp3) is 0.864. The molecule has 0 saturated carbocycles. The summed E-state index contributed by atoms with van der Waals surface area (Å²) < 4.78 is 23.0. The number of hydrogen-bond acceptors (Lipinski definition) is 5. The molecule has 27 heavy (non-hydrogen) atoms. The zero-order chi connectivity index (χ0) is 18.7. The van der Waals surface area contributed by atoms with E-state index < -0.39 is 0 Å². The van der Waals surface area contributed by atoms with Crippen LogP contribution in [0.3, 0.4) is 0 Å². The molecular weight excluding hydrogens is 344 g/mol. The standard InChI is InChI=1S/C22H36O5/c23-19-13-14-20(27-22-12-6-9-17-26-22)18(19)10-4-2-1-3-7-15-24-21-11-5-8-16-25-21/h21-22H,1-17H2. The van der Waals surface area contributed by atoms with Crippen LogP contribution in [0.5, 0.6) is 0 Å². The molecule has 2 aliphatic heterocycles. The number of rotatable bonds is 11. The average molecular weight is 381 g/mol. The summed E-state index contributed by atoms with van der Waals surface area (Å²) in [5.74, 6) is 1.19. The first-order valence-corrected chi connectivity index (χ1v) is 11.1. The van der Waals surface area contributed by atoms with Gasteiger partial charge in [0.25, 0.3) is 0 Å². The minimum Gasteiger partial charge on any atom is -0.469 e. The van der Waals surface area contributed by atoms with Crippen molar-refractivity contribution in [3.05, 3.63) is 11.3 Å². The van der Waals surface area contributed by atoms with Crippen LogP contribution in [0.15, 0.2) is 11.3 Å². The van der Waals surface area contributed by atoms with Crippen LogP contribution in [0.25, 0.3) is 0 Å². The van der Waals surface area contributed by atoms with Crippen LogP contribution in [0.1, 0.15) is 89.9 Å². The Hall–Kier alpha value is -0.910. The lowest BCUT2D eigenvalue weighted by molar-refractivity contribution is -0.162. The van der Waals surface area contributed by atoms with Gasteiger partial charge in [0.05, 0.1) is 6.61 Å². The molecule has 2 unspecified atom stereocenters. The van der Waals surface area contributed by atoms with E-state index in [2.05, 4.69) is 0 Å². The highest BCUT2D eigenvalue weighted by Crippen LogP contribution is 2.30. The molecule has 2 atom stereocenters. The predicted octanol–water partition coefficient (Wildman–Crippen LogP) is 5.03. The number of ketones is 1. The van der Waals surface area contributed by atoms with Crippen LogP contribution in [0.4, 0.5) is 0 Å². The Kier molecular flexibility index (Phi) is 9.12. The van der Waals surface area contributed by atoms with Crippen molar-refractivity contribution in [2.45, 2.75) is 102 Å². The SMILES string of the molecule is O=C1CCC(OC2CCCCO2)=C1CCCCCCCOC1CCCCO1. The third kappa shape index (κ3) is 7.20. The topological polar surface area (TPSA) is 54.0 Å². The molecule has 2 saturated heterocycles. The Morgan fingerprint density at radius 2 is 1.52 bits per heavy atom. The predicted molar refractivity (Wildman–Crippen MR) is 103 cm³/mol. The van der Waals surface area contributed by atoms with E-state index in [0.717, 1.165) is 88.9 Å². The van der Waals surface area contributed by atoms with E-state index in [0.29, 0.717) is 6.42 Å². The van der Waals surface area contributed by atoms with E-state index in [9.17, 15) is 4.79 Å². The Morgan fingerprint density at radius 3 is 2.26 bits per heavy atom. The molecule has 2 fully saturated rings. The van der Waals surface area contributed by atoms with Crippen molar-refractivity contribution in [2.24, 2.45) is 0 Å². The summed E-state index contributed by atoms with van der Waals surface area (Å²) in [5.41, 5.74) is 0.932. The molecular formula is C22H36O5. The second kappa shape index (κ2) is 11.8. The Balaban J connectivity index is 1.25. The van der Waals surface area contributed by atoms with Gasteiger partial charge in [-0.05, 0) is 51.4 Å². The minimum atomic E-state index is -0.136. The molecule has 5 nitrogen and oxygen atoms in total. The highest BCUT2D eigenvalue weighted by atomic mass is 16.7. The fourth-order valence-electron chi connectivity index (χ4n) is 4.05. The first kappa shape index (κ1) is 20.8. The molecule has 5 heteroatoms. The van der Waals surface area contributed by atoms with E-state index in [1.807, 2.05) is 0 Å². The van der Waals surface area contributed by atoms with Gasteiger partial charge in [-0.15, -0.1) is 0 Å². The highest BCUT2D eigenvalue weighted by molar-refractivity contribution is 5.98. The number of Topliss-reactive ketones (excluding diaryl/α,β-unsaturated/α-hetero) is 1. The lowest BCUT2D eigenvalue weighted by Gasteiger charge is -2.24. The summed E-state index contributed by atoms with van der Waals surface area (Å²) in [4.78, 5) is 12.2. The molecule has 0 radical (unpaired) electrons. The van der Waals surface area contributed by atoms with Crippen LogP contribution >= 0.6 is 0 Å². The summed E-state index contributed by atoms with van der Waals surface area (Å²) in [5, 5.41) is 0. The van der Waals surface area contributed by atoms with Gasteiger partial charge < -0.3 is 18.9 Å². The smallest absolute Gasteiger partial charge is 0.199 e. The van der Waals surface area contributed by atoms with Gasteiger partial charge in [-0.1, -0.05) is 19.3 Å². The van der Waals surface area contributed by atoms with Gasteiger partial charge in [-0.25, -0.2) is 0 Å². The lowest BCUT2D eigenvalue weighted by Crippen LogP contribution is -2.22. The Morgan fingerprint density at radius 1 is 0.815 bits per heavy atom. The third-order valence-electron chi connectivity index (χ3n) is 5.68. The van der Waals surface area contributed by atoms with Gasteiger partial charge in [0.1, 0.15) is 5.76 Å². The minimum absolute atomic E-state index is 0.0330. The van der Waals surface area contributed by atoms with E-state index in [1.165, 1.54) is 25.7 Å². The van der Waals surface area contributed by atoms with Crippen molar-refractivity contribution in [2.75, 3.05) is 19.8 Å². The Labute approximate surface area is 163 Å².